The zero-order chi connectivity index (χ0) is 27.6. The third-order valence-corrected chi connectivity index (χ3v) is 8.83. The van der Waals surface area contributed by atoms with Crippen LogP contribution < -0.4 is 5.32 Å². The van der Waals surface area contributed by atoms with Gasteiger partial charge in [-0.05, 0) is 53.8 Å². The molecule has 0 bridgehead atoms. The van der Waals surface area contributed by atoms with Gasteiger partial charge in [-0.2, -0.15) is 0 Å². The number of nitrogens with zero attached hydrogens (tertiary/aromatic N) is 1. The number of carbonyl (C=O) groups excluding carboxylic acids is 2. The Morgan fingerprint density at radius 2 is 1.68 bits per heavy atom. The molecule has 1 heterocycles. The van der Waals surface area contributed by atoms with Gasteiger partial charge in [-0.15, -0.1) is 0 Å². The second-order valence-corrected chi connectivity index (χ2v) is 12.4. The molecule has 7 nitrogen and oxygen atoms in total. The number of rotatable bonds is 9. The van der Waals surface area contributed by atoms with Crippen LogP contribution >= 0.6 is 0 Å². The third-order valence-electron chi connectivity index (χ3n) is 7.08. The van der Waals surface area contributed by atoms with Gasteiger partial charge < -0.3 is 15.3 Å². The highest BCUT2D eigenvalue weighted by molar-refractivity contribution is 7.91. The Kier molecular flexibility index (Phi) is 8.04. The fraction of sp³-hybridized carbons (Fsp3) is 0.333. The van der Waals surface area contributed by atoms with Gasteiger partial charge in [0, 0.05) is 17.7 Å². The molecule has 3 aromatic carbocycles. The molecule has 0 aliphatic carbocycles. The van der Waals surface area contributed by atoms with Gasteiger partial charge in [0.05, 0.1) is 29.3 Å². The first-order valence-electron chi connectivity index (χ1n) is 12.8. The third kappa shape index (κ3) is 5.51. The maximum atomic E-state index is 13.5. The Morgan fingerprint density at radius 1 is 1.03 bits per heavy atom. The number of fused-ring (bicyclic) bond motifs is 1. The monoisotopic (exact) mass is 534 g/mol. The molecule has 0 spiro atoms. The van der Waals surface area contributed by atoms with Crippen LogP contribution in [-0.2, 0) is 16.4 Å². The van der Waals surface area contributed by atoms with Gasteiger partial charge in [-0.3, -0.25) is 9.59 Å². The highest BCUT2D eigenvalue weighted by Gasteiger charge is 2.38. The minimum atomic E-state index is -3.35. The van der Waals surface area contributed by atoms with Crippen molar-refractivity contribution < 1.29 is 23.1 Å². The zero-order valence-electron chi connectivity index (χ0n) is 22.1. The van der Waals surface area contributed by atoms with Crippen molar-refractivity contribution in [2.45, 2.75) is 51.2 Å². The number of sulfone groups is 1. The summed E-state index contributed by atoms with van der Waals surface area (Å²) in [6.45, 7) is 7.88. The Bertz CT molecular complexity index is 1430. The Morgan fingerprint density at radius 3 is 2.26 bits per heavy atom. The van der Waals surface area contributed by atoms with Crippen LogP contribution in [-0.4, -0.2) is 42.6 Å². The minimum Gasteiger partial charge on any atom is -0.394 e. The van der Waals surface area contributed by atoms with E-state index in [9.17, 15) is 23.1 Å². The lowest BCUT2D eigenvalue weighted by Gasteiger charge is -2.28. The summed E-state index contributed by atoms with van der Waals surface area (Å²) in [6.07, 6.45) is 0. The highest BCUT2D eigenvalue weighted by atomic mass is 32.2. The molecule has 0 aromatic heterocycles. The van der Waals surface area contributed by atoms with E-state index >= 15 is 0 Å². The van der Waals surface area contributed by atoms with Crippen molar-refractivity contribution in [2.24, 2.45) is 5.92 Å². The summed E-state index contributed by atoms with van der Waals surface area (Å²) in [5.41, 5.74) is 4.52. The van der Waals surface area contributed by atoms with Crippen LogP contribution in [0.1, 0.15) is 75.8 Å². The van der Waals surface area contributed by atoms with Gasteiger partial charge in [0.15, 0.2) is 9.84 Å². The lowest BCUT2D eigenvalue weighted by Crippen LogP contribution is -2.31. The fourth-order valence-corrected chi connectivity index (χ4v) is 5.80. The number of hydrogen-bond donors (Lipinski definition) is 2. The Balaban J connectivity index is 1.55. The topological polar surface area (TPSA) is 104 Å². The number of benzene rings is 3. The number of carbonyl (C=O) groups is 2. The summed E-state index contributed by atoms with van der Waals surface area (Å²) in [4.78, 5) is 28.7. The molecule has 4 rings (SSSR count). The summed E-state index contributed by atoms with van der Waals surface area (Å²) in [5, 5.41) is 12.7. The Labute approximate surface area is 224 Å². The standard InChI is InChI=1S/C30H34N2O5S/c1-5-38(36,37)24-13-10-22(11-14-24)27(18-33)31-29(34)23-12-15-25-26(16-23)30(35)32(28(25)19(2)3)17-21-8-6-20(4)7-9-21/h6-16,19,27-28,33H,5,17-18H2,1-4H3,(H,31,34)/t27-,28?/m0/s1. The molecule has 1 unspecified atom stereocenters. The average Bonchev–Trinajstić information content (AvgIpc) is 3.19. The van der Waals surface area contributed by atoms with Gasteiger partial charge in [0.2, 0.25) is 0 Å². The molecule has 2 amide bonds. The molecule has 2 N–H and O–H groups in total. The predicted molar refractivity (Wildman–Crippen MR) is 147 cm³/mol. The Hall–Kier alpha value is -3.49. The van der Waals surface area contributed by atoms with Crippen molar-refractivity contribution in [1.29, 1.82) is 0 Å². The quantitative estimate of drug-likeness (QED) is 0.417. The van der Waals surface area contributed by atoms with Crippen LogP contribution in [0.2, 0.25) is 0 Å². The van der Waals surface area contributed by atoms with Gasteiger partial charge in [-0.1, -0.05) is 68.8 Å². The van der Waals surface area contributed by atoms with Crippen molar-refractivity contribution in [1.82, 2.24) is 10.2 Å². The number of hydrogen-bond acceptors (Lipinski definition) is 5. The second kappa shape index (κ2) is 11.1. The van der Waals surface area contributed by atoms with Gasteiger partial charge >= 0.3 is 0 Å². The molecule has 8 heteroatoms. The van der Waals surface area contributed by atoms with E-state index in [1.54, 1.807) is 31.2 Å². The first kappa shape index (κ1) is 27.5. The number of aryl methyl sites for hydroxylation is 1. The van der Waals surface area contributed by atoms with Crippen LogP contribution in [0, 0.1) is 12.8 Å². The van der Waals surface area contributed by atoms with Crippen molar-refractivity contribution in [3.05, 3.63) is 100 Å². The number of amides is 2. The normalized spacial score (nSPS) is 16.0. The molecule has 1 aliphatic rings. The van der Waals surface area contributed by atoms with Crippen molar-refractivity contribution in [2.75, 3.05) is 12.4 Å². The van der Waals surface area contributed by atoms with Gasteiger partial charge in [-0.25, -0.2) is 8.42 Å². The number of aliphatic hydroxyl groups excluding tert-OH is 1. The van der Waals surface area contributed by atoms with Crippen molar-refractivity contribution in [3.63, 3.8) is 0 Å². The van der Waals surface area contributed by atoms with Crippen molar-refractivity contribution >= 4 is 21.7 Å². The highest BCUT2D eigenvalue weighted by Crippen LogP contribution is 2.40. The molecule has 38 heavy (non-hydrogen) atoms. The minimum absolute atomic E-state index is 0.0102. The fourth-order valence-electron chi connectivity index (χ4n) is 4.92. The molecule has 3 aromatic rings. The zero-order valence-corrected chi connectivity index (χ0v) is 23.0. The van der Waals surface area contributed by atoms with E-state index in [-0.39, 0.29) is 35.1 Å². The summed E-state index contributed by atoms with van der Waals surface area (Å²) in [5.74, 6) is -0.365. The average molecular weight is 535 g/mol. The van der Waals surface area contributed by atoms with Gasteiger partial charge in [0.1, 0.15) is 0 Å². The van der Waals surface area contributed by atoms with E-state index in [1.165, 1.54) is 12.1 Å². The molecule has 0 fully saturated rings. The van der Waals surface area contributed by atoms with Gasteiger partial charge in [0.25, 0.3) is 11.8 Å². The summed E-state index contributed by atoms with van der Waals surface area (Å²) in [6, 6.07) is 18.6. The maximum Gasteiger partial charge on any atom is 0.255 e. The largest absolute Gasteiger partial charge is 0.394 e. The molecule has 0 radical (unpaired) electrons. The predicted octanol–water partition coefficient (Wildman–Crippen LogP) is 4.61. The van der Waals surface area contributed by atoms with Crippen LogP contribution in [0.4, 0.5) is 0 Å². The molecule has 0 saturated heterocycles. The molecule has 0 saturated carbocycles. The SMILES string of the molecule is CCS(=O)(=O)c1ccc([C@H](CO)NC(=O)c2ccc3c(c2)C(=O)N(Cc2ccc(C)cc2)C3C(C)C)cc1. The first-order chi connectivity index (χ1) is 18.1. The molecule has 2 atom stereocenters. The summed E-state index contributed by atoms with van der Waals surface area (Å²) in [7, 11) is -3.35. The van der Waals surface area contributed by atoms with E-state index in [0.29, 0.717) is 23.2 Å². The lowest BCUT2D eigenvalue weighted by molar-refractivity contribution is 0.0665. The number of nitrogens with one attached hydrogen (secondary N) is 1. The van der Waals surface area contributed by atoms with E-state index in [1.807, 2.05) is 42.2 Å². The number of aliphatic hydroxyl groups is 1. The van der Waals surface area contributed by atoms with Crippen LogP contribution in [0.3, 0.4) is 0 Å². The first-order valence-corrected chi connectivity index (χ1v) is 14.5. The smallest absolute Gasteiger partial charge is 0.255 e. The van der Waals surface area contributed by atoms with E-state index in [2.05, 4.69) is 19.2 Å². The summed E-state index contributed by atoms with van der Waals surface area (Å²) < 4.78 is 24.2. The van der Waals surface area contributed by atoms with Crippen LogP contribution in [0.25, 0.3) is 0 Å². The summed E-state index contributed by atoms with van der Waals surface area (Å²) >= 11 is 0. The van der Waals surface area contributed by atoms with Crippen LogP contribution in [0.15, 0.2) is 71.6 Å². The maximum absolute atomic E-state index is 13.5. The molecular formula is C30H34N2O5S. The second-order valence-electron chi connectivity index (χ2n) is 10.1. The van der Waals surface area contributed by atoms with E-state index in [0.717, 1.165) is 16.7 Å². The van der Waals surface area contributed by atoms with E-state index in [4.69, 9.17) is 0 Å². The van der Waals surface area contributed by atoms with Crippen LogP contribution in [0.5, 0.6) is 0 Å². The lowest BCUT2D eigenvalue weighted by atomic mass is 9.94. The molecule has 200 valence electrons. The van der Waals surface area contributed by atoms with Crippen molar-refractivity contribution in [3.8, 4) is 0 Å². The van der Waals surface area contributed by atoms with E-state index < -0.39 is 21.8 Å². The molecule has 1 aliphatic heterocycles. The molecular weight excluding hydrogens is 500 g/mol.